The molecule has 0 atom stereocenters. The van der Waals surface area contributed by atoms with Crippen LogP contribution in [0, 0.1) is 0 Å². The van der Waals surface area contributed by atoms with Crippen LogP contribution in [0.4, 0.5) is 4.20 Å². The summed E-state index contributed by atoms with van der Waals surface area (Å²) >= 11 is 0. The average molecular weight is 149 g/mol. The molecule has 0 rings (SSSR count). The molecule has 0 aromatic rings. The Morgan fingerprint density at radius 3 is 1.43 bits per heavy atom. The fraction of sp³-hybridized carbons (Fsp3) is 0. The maximum absolute atomic E-state index is 10.1. The number of hydrogen-bond acceptors (Lipinski definition) is 3. The van der Waals surface area contributed by atoms with Crippen LogP contribution >= 0.6 is 7.91 Å². The third-order valence-corrected chi connectivity index (χ3v) is 0. The van der Waals surface area contributed by atoms with Gasteiger partial charge in [0.25, 0.3) is 0 Å². The maximum Gasteiger partial charge on any atom is 3.00 e. The molecule has 0 saturated carbocycles. The van der Waals surface area contributed by atoms with Gasteiger partial charge in [-0.05, 0) is 0 Å². The zero-order valence-electron chi connectivity index (χ0n) is 3.33. The zero-order valence-corrected chi connectivity index (χ0v) is 6.80. The van der Waals surface area contributed by atoms with Crippen LogP contribution in [0.5, 0.6) is 0 Å². The Kier molecular flexibility index (Phi) is 12.4. The van der Waals surface area contributed by atoms with Crippen molar-refractivity contribution in [1.82, 2.24) is 0 Å². The van der Waals surface area contributed by atoms with Crippen LogP contribution < -0.4 is 9.79 Å². The number of hydrogen-bond donors (Lipinski definition) is 0. The first kappa shape index (κ1) is 15.8. The SMILES string of the molecule is O=P([O-])([O-])F.[Al+3].[Mg+2]. The van der Waals surface area contributed by atoms with E-state index in [9.17, 15) is 4.20 Å². The molecule has 32 valence electrons. The van der Waals surface area contributed by atoms with Gasteiger partial charge in [-0.25, -0.2) is 4.20 Å². The molecule has 0 radical (unpaired) electrons. The molecule has 0 aliphatic rings. The van der Waals surface area contributed by atoms with E-state index in [-0.39, 0.29) is 40.4 Å². The molecule has 0 aromatic carbocycles. The van der Waals surface area contributed by atoms with Crippen molar-refractivity contribution < 1.29 is 18.5 Å². The van der Waals surface area contributed by atoms with Crippen molar-refractivity contribution in [3.05, 3.63) is 0 Å². The van der Waals surface area contributed by atoms with E-state index < -0.39 is 7.91 Å². The molecule has 0 aliphatic heterocycles. The van der Waals surface area contributed by atoms with Crippen molar-refractivity contribution in [2.75, 3.05) is 0 Å². The Morgan fingerprint density at radius 1 is 1.43 bits per heavy atom. The van der Waals surface area contributed by atoms with Crippen LogP contribution in [-0.4, -0.2) is 40.4 Å². The Morgan fingerprint density at radius 2 is 1.43 bits per heavy atom. The molecule has 0 unspecified atom stereocenters. The van der Waals surface area contributed by atoms with E-state index in [4.69, 9.17) is 14.4 Å². The minimum atomic E-state index is -5.64. The molecule has 0 N–H and O–H groups in total. The van der Waals surface area contributed by atoms with Crippen molar-refractivity contribution in [3.63, 3.8) is 0 Å². The second-order valence-corrected chi connectivity index (χ2v) is 1.29. The molecule has 0 bridgehead atoms. The quantitative estimate of drug-likeness (QED) is 0.296. The minimum absolute atomic E-state index is 0. The third kappa shape index (κ3) is 112. The average Bonchev–Trinajstić information content (AvgIpc) is 0.722. The largest absolute Gasteiger partial charge is 3.00 e. The Bertz CT molecular complexity index is 61.1. The van der Waals surface area contributed by atoms with Crippen LogP contribution in [-0.2, 0) is 4.57 Å². The van der Waals surface area contributed by atoms with E-state index in [1.165, 1.54) is 0 Å². The van der Waals surface area contributed by atoms with Crippen LogP contribution in [0.3, 0.4) is 0 Å². The van der Waals surface area contributed by atoms with E-state index in [0.717, 1.165) is 0 Å². The molecular weight excluding hydrogens is 149 g/mol. The molecule has 0 aliphatic carbocycles. The number of rotatable bonds is 0. The molecule has 0 spiro atoms. The van der Waals surface area contributed by atoms with E-state index in [1.807, 2.05) is 0 Å². The third-order valence-electron chi connectivity index (χ3n) is 0. The fourth-order valence-electron chi connectivity index (χ4n) is 0. The summed E-state index contributed by atoms with van der Waals surface area (Å²) < 4.78 is 18.6. The van der Waals surface area contributed by atoms with Gasteiger partial charge < -0.3 is 14.4 Å². The molecule has 0 fully saturated rings. The first-order chi connectivity index (χ1) is 2.00. The predicted molar refractivity (Wildman–Crippen MR) is 20.2 cm³/mol. The molecule has 7 heavy (non-hydrogen) atoms. The standard InChI is InChI=1S/Al.FH2O3P.Mg/c;1-5(2,3)4;/h;(H2,2,3,4);/q+3;;+2/p-2. The monoisotopic (exact) mass is 149 g/mol. The van der Waals surface area contributed by atoms with E-state index in [2.05, 4.69) is 0 Å². The van der Waals surface area contributed by atoms with Crippen LogP contribution in [0.15, 0.2) is 0 Å². The summed E-state index contributed by atoms with van der Waals surface area (Å²) in [5, 5.41) is 0. The van der Waals surface area contributed by atoms with Gasteiger partial charge in [-0.3, -0.25) is 0 Å². The van der Waals surface area contributed by atoms with Gasteiger partial charge in [0.2, 0.25) is 0 Å². The smallest absolute Gasteiger partial charge is 0.786 e. The van der Waals surface area contributed by atoms with Gasteiger partial charge in [0.05, 0.1) is 0 Å². The molecule has 0 amide bonds. The van der Waals surface area contributed by atoms with Gasteiger partial charge in [-0.1, -0.05) is 0 Å². The van der Waals surface area contributed by atoms with Gasteiger partial charge in [0, 0.05) is 0 Å². The summed E-state index contributed by atoms with van der Waals surface area (Å²) in [7, 11) is -5.64. The molecule has 0 heterocycles. The van der Waals surface area contributed by atoms with Crippen molar-refractivity contribution in [3.8, 4) is 0 Å². The van der Waals surface area contributed by atoms with Gasteiger partial charge >= 0.3 is 40.4 Å². The van der Waals surface area contributed by atoms with Crippen LogP contribution in [0.2, 0.25) is 0 Å². The molecule has 0 aromatic heterocycles. The summed E-state index contributed by atoms with van der Waals surface area (Å²) in [5.41, 5.74) is 0. The van der Waals surface area contributed by atoms with Gasteiger partial charge in [-0.15, -0.1) is 0 Å². The molecule has 0 saturated heterocycles. The minimum Gasteiger partial charge on any atom is -0.786 e. The fourth-order valence-corrected chi connectivity index (χ4v) is 0. The molecule has 3 nitrogen and oxygen atoms in total. The normalized spacial score (nSPS) is 8.43. The first-order valence-corrected chi connectivity index (χ1v) is 2.15. The second kappa shape index (κ2) is 5.51. The van der Waals surface area contributed by atoms with E-state index >= 15 is 0 Å². The van der Waals surface area contributed by atoms with E-state index in [0.29, 0.717) is 0 Å². The second-order valence-electron chi connectivity index (χ2n) is 0.431. The zero-order chi connectivity index (χ0) is 4.50. The van der Waals surface area contributed by atoms with Crippen molar-refractivity contribution >= 4 is 48.3 Å². The van der Waals surface area contributed by atoms with Crippen molar-refractivity contribution in [2.45, 2.75) is 0 Å². The van der Waals surface area contributed by atoms with Gasteiger partial charge in [-0.2, -0.15) is 0 Å². The van der Waals surface area contributed by atoms with Crippen molar-refractivity contribution in [1.29, 1.82) is 0 Å². The summed E-state index contributed by atoms with van der Waals surface area (Å²) in [6, 6.07) is 0. The predicted octanol–water partition coefficient (Wildman–Crippen LogP) is -1.98. The van der Waals surface area contributed by atoms with Crippen LogP contribution in [0.25, 0.3) is 0 Å². The topological polar surface area (TPSA) is 63.2 Å². The maximum atomic E-state index is 10.1. The van der Waals surface area contributed by atoms with Gasteiger partial charge in [0.15, 0.2) is 0 Å². The molecule has 7 heteroatoms. The Hall–Kier alpha value is 1.38. The Balaban J connectivity index is -0.0000000800. The summed E-state index contributed by atoms with van der Waals surface area (Å²) in [4.78, 5) is 16.9. The van der Waals surface area contributed by atoms with Crippen LogP contribution in [0.1, 0.15) is 0 Å². The van der Waals surface area contributed by atoms with E-state index in [1.54, 1.807) is 0 Å². The summed E-state index contributed by atoms with van der Waals surface area (Å²) in [6.45, 7) is 0. The van der Waals surface area contributed by atoms with Gasteiger partial charge in [0.1, 0.15) is 7.91 Å². The summed E-state index contributed by atoms with van der Waals surface area (Å²) in [6.07, 6.45) is 0. The summed E-state index contributed by atoms with van der Waals surface area (Å²) in [5.74, 6) is 0. The number of halogens is 1. The van der Waals surface area contributed by atoms with Crippen molar-refractivity contribution in [2.24, 2.45) is 0 Å². The Labute approximate surface area is 66.9 Å². The first-order valence-electron chi connectivity index (χ1n) is 0.717. The molecular formula is AlFMgO3P+3.